The van der Waals surface area contributed by atoms with Gasteiger partial charge in [-0.2, -0.15) is 0 Å². The number of rotatable bonds is 4. The summed E-state index contributed by atoms with van der Waals surface area (Å²) in [5, 5.41) is 15.9. The third-order valence-corrected chi connectivity index (χ3v) is 6.89. The van der Waals surface area contributed by atoms with E-state index in [-0.39, 0.29) is 0 Å². The third-order valence-electron chi connectivity index (χ3n) is 6.89. The normalized spacial score (nSPS) is 21.6. The van der Waals surface area contributed by atoms with Crippen LogP contribution in [0.2, 0.25) is 0 Å². The number of hydrogen-bond donors (Lipinski definition) is 4. The zero-order valence-electron chi connectivity index (χ0n) is 20.6. The number of hydrogen-bond acceptors (Lipinski definition) is 6. The summed E-state index contributed by atoms with van der Waals surface area (Å²) in [6.45, 7) is 2.97. The summed E-state index contributed by atoms with van der Waals surface area (Å²) < 4.78 is 0. The summed E-state index contributed by atoms with van der Waals surface area (Å²) in [4.78, 5) is 4.55. The van der Waals surface area contributed by atoms with Gasteiger partial charge in [0.1, 0.15) is 11.4 Å². The molecule has 2 aromatic carbocycles. The van der Waals surface area contributed by atoms with Gasteiger partial charge in [0.15, 0.2) is 0 Å². The van der Waals surface area contributed by atoms with Crippen molar-refractivity contribution in [3.63, 3.8) is 0 Å². The Hall–Kier alpha value is -3.58. The average molecular weight is 467 g/mol. The van der Waals surface area contributed by atoms with Crippen LogP contribution < -0.4 is 21.3 Å². The second-order valence-corrected chi connectivity index (χ2v) is 9.29. The van der Waals surface area contributed by atoms with Crippen LogP contribution in [-0.4, -0.2) is 56.0 Å². The molecule has 5 rings (SSSR count). The van der Waals surface area contributed by atoms with Gasteiger partial charge < -0.3 is 20.4 Å². The number of nitrogens with zero attached hydrogens (tertiary/aromatic N) is 2. The maximum Gasteiger partial charge on any atom is 0.107 e. The summed E-state index contributed by atoms with van der Waals surface area (Å²) in [6, 6.07) is 12.8. The predicted octanol–water partition coefficient (Wildman–Crippen LogP) is 2.66. The van der Waals surface area contributed by atoms with Crippen molar-refractivity contribution >= 4 is 10.8 Å². The number of fused-ring (bicyclic) bond motifs is 1. The van der Waals surface area contributed by atoms with Crippen LogP contribution in [0.4, 0.5) is 0 Å². The standard InChI is InChI=1S/C29H34N6/c1-30-19-26(34(2)28-5-3-15-32-28)13-9-22-7-11-25-18-23(8-12-24(25)17-22)10-14-27-20-31-21-35(27)29-6-4-16-33-29/h7-8,11-12,17-20,28-33H,3-6,15-16,21H2,1-2H3/b26-19-. The van der Waals surface area contributed by atoms with Crippen molar-refractivity contribution in [3.05, 3.63) is 71.3 Å². The molecule has 0 aromatic heterocycles. The molecule has 0 bridgehead atoms. The van der Waals surface area contributed by atoms with Crippen LogP contribution in [0.5, 0.6) is 0 Å². The fraction of sp³-hybridized carbons (Fsp3) is 0.379. The Kier molecular flexibility index (Phi) is 7.14. The molecule has 0 aliphatic carbocycles. The van der Waals surface area contributed by atoms with Crippen LogP contribution in [0.25, 0.3) is 10.8 Å². The summed E-state index contributed by atoms with van der Waals surface area (Å²) in [5.41, 5.74) is 4.06. The van der Waals surface area contributed by atoms with Crippen molar-refractivity contribution in [3.8, 4) is 23.7 Å². The smallest absolute Gasteiger partial charge is 0.107 e. The van der Waals surface area contributed by atoms with Gasteiger partial charge in [0.25, 0.3) is 0 Å². The highest BCUT2D eigenvalue weighted by molar-refractivity contribution is 5.85. The molecule has 2 saturated heterocycles. The minimum atomic E-state index is 0.345. The largest absolute Gasteiger partial charge is 0.392 e. The van der Waals surface area contributed by atoms with E-state index < -0.39 is 0 Å². The van der Waals surface area contributed by atoms with E-state index in [1.165, 1.54) is 30.0 Å². The van der Waals surface area contributed by atoms with E-state index in [0.717, 1.165) is 48.7 Å². The average Bonchev–Trinajstić information content (AvgIpc) is 3.67. The minimum Gasteiger partial charge on any atom is -0.392 e. The van der Waals surface area contributed by atoms with Crippen molar-refractivity contribution in [1.29, 1.82) is 0 Å². The Bertz CT molecular complexity index is 1240. The Balaban J connectivity index is 1.31. The predicted molar refractivity (Wildman–Crippen MR) is 143 cm³/mol. The molecule has 35 heavy (non-hydrogen) atoms. The van der Waals surface area contributed by atoms with E-state index >= 15 is 0 Å². The number of benzene rings is 2. The third kappa shape index (κ3) is 5.41. The van der Waals surface area contributed by atoms with Crippen LogP contribution in [0.3, 0.4) is 0 Å². The molecule has 2 fully saturated rings. The Morgan fingerprint density at radius 1 is 1.00 bits per heavy atom. The van der Waals surface area contributed by atoms with E-state index in [1.54, 1.807) is 0 Å². The molecule has 3 aliphatic rings. The van der Waals surface area contributed by atoms with Gasteiger partial charge in [-0.3, -0.25) is 10.6 Å². The lowest BCUT2D eigenvalue weighted by Crippen LogP contribution is -2.41. The second kappa shape index (κ2) is 10.8. The highest BCUT2D eigenvalue weighted by Gasteiger charge is 2.25. The van der Waals surface area contributed by atoms with Crippen molar-refractivity contribution < 1.29 is 0 Å². The lowest BCUT2D eigenvalue weighted by atomic mass is 10.0. The molecule has 3 aliphatic heterocycles. The fourth-order valence-electron chi connectivity index (χ4n) is 4.93. The molecule has 0 saturated carbocycles. The fourth-order valence-corrected chi connectivity index (χ4v) is 4.93. The van der Waals surface area contributed by atoms with E-state index in [1.807, 2.05) is 19.4 Å². The van der Waals surface area contributed by atoms with E-state index in [4.69, 9.17) is 0 Å². The van der Waals surface area contributed by atoms with Crippen LogP contribution in [0, 0.1) is 23.7 Å². The number of nitrogens with one attached hydrogen (secondary N) is 4. The molecule has 0 spiro atoms. The minimum absolute atomic E-state index is 0.345. The van der Waals surface area contributed by atoms with Gasteiger partial charge in [-0.05, 0) is 85.7 Å². The molecule has 4 N–H and O–H groups in total. The van der Waals surface area contributed by atoms with Gasteiger partial charge in [-0.25, -0.2) is 0 Å². The molecule has 6 heteroatoms. The molecule has 6 nitrogen and oxygen atoms in total. The lowest BCUT2D eigenvalue weighted by Gasteiger charge is -2.26. The summed E-state index contributed by atoms with van der Waals surface area (Å²) in [5.74, 6) is 13.4. The number of allylic oxidation sites excluding steroid dienone is 2. The molecule has 0 amide bonds. The summed E-state index contributed by atoms with van der Waals surface area (Å²) >= 11 is 0. The second-order valence-electron chi connectivity index (χ2n) is 9.29. The molecule has 3 heterocycles. The van der Waals surface area contributed by atoms with E-state index in [0.29, 0.717) is 12.3 Å². The maximum absolute atomic E-state index is 3.55. The molecule has 2 unspecified atom stereocenters. The van der Waals surface area contributed by atoms with E-state index in [2.05, 4.69) is 98.2 Å². The van der Waals surface area contributed by atoms with Gasteiger partial charge in [0.05, 0.1) is 19.0 Å². The first-order chi connectivity index (χ1) is 17.2. The highest BCUT2D eigenvalue weighted by atomic mass is 15.4. The van der Waals surface area contributed by atoms with Crippen molar-refractivity contribution in [2.75, 3.05) is 33.9 Å². The van der Waals surface area contributed by atoms with E-state index in [9.17, 15) is 0 Å². The first-order valence-corrected chi connectivity index (χ1v) is 12.6. The van der Waals surface area contributed by atoms with Gasteiger partial charge >= 0.3 is 0 Å². The zero-order chi connectivity index (χ0) is 24.0. The molecule has 2 atom stereocenters. The van der Waals surface area contributed by atoms with Crippen LogP contribution >= 0.6 is 0 Å². The van der Waals surface area contributed by atoms with Gasteiger partial charge in [-0.15, -0.1) is 0 Å². The van der Waals surface area contributed by atoms with Crippen LogP contribution in [-0.2, 0) is 0 Å². The molecule has 180 valence electrons. The Morgan fingerprint density at radius 2 is 1.74 bits per heavy atom. The van der Waals surface area contributed by atoms with Crippen molar-refractivity contribution in [2.24, 2.45) is 0 Å². The van der Waals surface area contributed by atoms with Crippen LogP contribution in [0.15, 0.2) is 60.2 Å². The maximum atomic E-state index is 3.55. The zero-order valence-corrected chi connectivity index (χ0v) is 20.6. The SMILES string of the molecule is CN/C=C(/C#Cc1ccc2cc(C#CC3=CNCN3C3CCCN3)ccc2c1)N(C)C1CCCN1. The monoisotopic (exact) mass is 466 g/mol. The lowest BCUT2D eigenvalue weighted by molar-refractivity contribution is 0.256. The topological polar surface area (TPSA) is 54.6 Å². The Labute approximate surface area is 208 Å². The quantitative estimate of drug-likeness (QED) is 0.520. The molecular formula is C29H34N6. The van der Waals surface area contributed by atoms with Crippen molar-refractivity contribution in [1.82, 2.24) is 31.1 Å². The first kappa shape index (κ1) is 23.2. The van der Waals surface area contributed by atoms with Gasteiger partial charge in [0.2, 0.25) is 0 Å². The van der Waals surface area contributed by atoms with Crippen molar-refractivity contribution in [2.45, 2.75) is 38.0 Å². The first-order valence-electron chi connectivity index (χ1n) is 12.6. The summed E-state index contributed by atoms with van der Waals surface area (Å²) in [7, 11) is 4.02. The molecule has 0 radical (unpaired) electrons. The molecule has 2 aromatic rings. The Morgan fingerprint density at radius 3 is 2.43 bits per heavy atom. The molecular weight excluding hydrogens is 432 g/mol. The van der Waals surface area contributed by atoms with Gasteiger partial charge in [0, 0.05) is 37.6 Å². The van der Waals surface area contributed by atoms with Crippen LogP contribution in [0.1, 0.15) is 36.8 Å². The highest BCUT2D eigenvalue weighted by Crippen LogP contribution is 2.20. The van der Waals surface area contributed by atoms with Gasteiger partial charge in [-0.1, -0.05) is 24.0 Å². The summed E-state index contributed by atoms with van der Waals surface area (Å²) in [6.07, 6.45) is 9.47.